The maximum Gasteiger partial charge on any atom is 0.263 e. The number of para-hydroxylation sites is 2. The van der Waals surface area contributed by atoms with Crippen LogP contribution in [-0.2, 0) is 11.3 Å². The standard InChI is InChI=1S/C24H28N4O3S/c1-17(2)12-13-31-14-15-32-24-26-25-23-27(16-18-8-4-7-11-21(18)30-3)22(29)19-9-5-6-10-20(19)28(23)24/h4-11,17H,12-16H2,1-3H3. The van der Waals surface area contributed by atoms with Crippen LogP contribution in [0.4, 0.5) is 0 Å². The molecule has 4 rings (SSSR count). The van der Waals surface area contributed by atoms with E-state index in [1.807, 2.05) is 52.9 Å². The summed E-state index contributed by atoms with van der Waals surface area (Å²) < 4.78 is 14.9. The first-order valence-corrected chi connectivity index (χ1v) is 11.8. The number of methoxy groups -OCH3 is 1. The second-order valence-corrected chi connectivity index (χ2v) is 9.04. The third-order valence-corrected chi connectivity index (χ3v) is 6.19. The van der Waals surface area contributed by atoms with E-state index < -0.39 is 0 Å². The van der Waals surface area contributed by atoms with Crippen molar-refractivity contribution >= 4 is 28.4 Å². The van der Waals surface area contributed by atoms with Crippen LogP contribution in [0.15, 0.2) is 58.5 Å². The van der Waals surface area contributed by atoms with Crippen LogP contribution in [0.2, 0.25) is 0 Å². The summed E-state index contributed by atoms with van der Waals surface area (Å²) in [5.41, 5.74) is 1.61. The summed E-state index contributed by atoms with van der Waals surface area (Å²) in [5.74, 6) is 2.65. The Balaban J connectivity index is 1.69. The summed E-state index contributed by atoms with van der Waals surface area (Å²) in [6, 6.07) is 15.3. The fourth-order valence-corrected chi connectivity index (χ4v) is 4.38. The fourth-order valence-electron chi connectivity index (χ4n) is 3.59. The van der Waals surface area contributed by atoms with Crippen LogP contribution in [-0.4, -0.2) is 45.2 Å². The maximum atomic E-state index is 13.4. The Morgan fingerprint density at radius 2 is 1.81 bits per heavy atom. The Kier molecular flexibility index (Phi) is 7.12. The van der Waals surface area contributed by atoms with Crippen LogP contribution in [0.5, 0.6) is 5.75 Å². The predicted molar refractivity (Wildman–Crippen MR) is 128 cm³/mol. The molecule has 0 radical (unpaired) electrons. The summed E-state index contributed by atoms with van der Waals surface area (Å²) in [7, 11) is 1.63. The van der Waals surface area contributed by atoms with Crippen molar-refractivity contribution in [1.82, 2.24) is 19.2 Å². The van der Waals surface area contributed by atoms with Crippen LogP contribution in [0, 0.1) is 5.92 Å². The minimum atomic E-state index is -0.0972. The first-order valence-electron chi connectivity index (χ1n) is 10.8. The van der Waals surface area contributed by atoms with Gasteiger partial charge in [0.05, 0.1) is 31.2 Å². The van der Waals surface area contributed by atoms with Crippen LogP contribution in [0.25, 0.3) is 16.7 Å². The van der Waals surface area contributed by atoms with Crippen molar-refractivity contribution in [3.8, 4) is 5.75 Å². The van der Waals surface area contributed by atoms with Gasteiger partial charge in [-0.05, 0) is 30.5 Å². The van der Waals surface area contributed by atoms with Gasteiger partial charge in [0.2, 0.25) is 5.78 Å². The minimum Gasteiger partial charge on any atom is -0.496 e. The molecule has 32 heavy (non-hydrogen) atoms. The van der Waals surface area contributed by atoms with Crippen molar-refractivity contribution in [2.75, 3.05) is 26.1 Å². The predicted octanol–water partition coefficient (Wildman–Crippen LogP) is 4.26. The van der Waals surface area contributed by atoms with Crippen molar-refractivity contribution < 1.29 is 9.47 Å². The van der Waals surface area contributed by atoms with E-state index >= 15 is 0 Å². The summed E-state index contributed by atoms with van der Waals surface area (Å²) in [6.07, 6.45) is 1.05. The number of ether oxygens (including phenoxy) is 2. The summed E-state index contributed by atoms with van der Waals surface area (Å²) in [4.78, 5) is 13.4. The largest absolute Gasteiger partial charge is 0.496 e. The van der Waals surface area contributed by atoms with Crippen LogP contribution in [0.1, 0.15) is 25.8 Å². The van der Waals surface area contributed by atoms with Gasteiger partial charge in [-0.1, -0.05) is 55.9 Å². The summed E-state index contributed by atoms with van der Waals surface area (Å²) >= 11 is 1.58. The number of fused-ring (bicyclic) bond motifs is 3. The number of rotatable bonds is 10. The number of benzene rings is 2. The van der Waals surface area contributed by atoms with Gasteiger partial charge < -0.3 is 9.47 Å². The third kappa shape index (κ3) is 4.66. The average molecular weight is 453 g/mol. The lowest BCUT2D eigenvalue weighted by molar-refractivity contribution is 0.138. The lowest BCUT2D eigenvalue weighted by Gasteiger charge is -2.13. The molecule has 0 saturated carbocycles. The fraction of sp³-hybridized carbons (Fsp3) is 0.375. The van der Waals surface area contributed by atoms with Gasteiger partial charge in [0.15, 0.2) is 5.16 Å². The monoisotopic (exact) mass is 452 g/mol. The highest BCUT2D eigenvalue weighted by Crippen LogP contribution is 2.23. The Morgan fingerprint density at radius 1 is 1.03 bits per heavy atom. The van der Waals surface area contributed by atoms with Crippen molar-refractivity contribution in [3.63, 3.8) is 0 Å². The molecule has 2 heterocycles. The quantitative estimate of drug-likeness (QED) is 0.265. The normalized spacial score (nSPS) is 11.6. The van der Waals surface area contributed by atoms with Crippen LogP contribution >= 0.6 is 11.8 Å². The number of aromatic nitrogens is 4. The Morgan fingerprint density at radius 3 is 2.62 bits per heavy atom. The van der Waals surface area contributed by atoms with E-state index in [2.05, 4.69) is 24.0 Å². The zero-order chi connectivity index (χ0) is 22.5. The Hall–Kier alpha value is -2.84. The molecular formula is C24H28N4O3S. The maximum absolute atomic E-state index is 13.4. The molecule has 168 valence electrons. The molecule has 8 heteroatoms. The molecule has 0 fully saturated rings. The Labute approximate surface area is 191 Å². The highest BCUT2D eigenvalue weighted by Gasteiger charge is 2.17. The topological polar surface area (TPSA) is 70.7 Å². The van der Waals surface area contributed by atoms with E-state index in [4.69, 9.17) is 9.47 Å². The van der Waals surface area contributed by atoms with Gasteiger partial charge in [0, 0.05) is 17.9 Å². The van der Waals surface area contributed by atoms with Gasteiger partial charge in [-0.3, -0.25) is 13.8 Å². The zero-order valence-electron chi connectivity index (χ0n) is 18.7. The van der Waals surface area contributed by atoms with E-state index in [9.17, 15) is 4.79 Å². The Bertz CT molecular complexity index is 1270. The molecule has 0 unspecified atom stereocenters. The highest BCUT2D eigenvalue weighted by molar-refractivity contribution is 7.99. The van der Waals surface area contributed by atoms with Gasteiger partial charge in [0.1, 0.15) is 5.75 Å². The lowest BCUT2D eigenvalue weighted by Crippen LogP contribution is -2.24. The molecule has 0 bridgehead atoms. The van der Waals surface area contributed by atoms with Gasteiger partial charge in [-0.25, -0.2) is 0 Å². The highest BCUT2D eigenvalue weighted by atomic mass is 32.2. The molecule has 0 N–H and O–H groups in total. The molecular weight excluding hydrogens is 424 g/mol. The molecule has 7 nitrogen and oxygen atoms in total. The SMILES string of the molecule is COc1ccccc1Cn1c(=O)c2ccccc2n2c(SCCOCCC(C)C)nnc12. The molecule has 2 aromatic heterocycles. The first kappa shape index (κ1) is 22.4. The van der Waals surface area contributed by atoms with E-state index in [1.165, 1.54) is 0 Å². The van der Waals surface area contributed by atoms with E-state index in [0.29, 0.717) is 30.2 Å². The average Bonchev–Trinajstić information content (AvgIpc) is 3.23. The van der Waals surface area contributed by atoms with Gasteiger partial charge >= 0.3 is 0 Å². The first-order chi connectivity index (χ1) is 15.6. The van der Waals surface area contributed by atoms with Gasteiger partial charge in [0.25, 0.3) is 5.56 Å². The number of nitrogens with zero attached hydrogens (tertiary/aromatic N) is 4. The molecule has 4 aromatic rings. The van der Waals surface area contributed by atoms with Gasteiger partial charge in [-0.15, -0.1) is 10.2 Å². The molecule has 0 spiro atoms. The number of hydrogen-bond donors (Lipinski definition) is 0. The molecule has 0 aliphatic carbocycles. The van der Waals surface area contributed by atoms with E-state index in [0.717, 1.165) is 40.8 Å². The van der Waals surface area contributed by atoms with Crippen molar-refractivity contribution in [3.05, 3.63) is 64.4 Å². The molecule has 0 saturated heterocycles. The zero-order valence-corrected chi connectivity index (χ0v) is 19.5. The van der Waals surface area contributed by atoms with Crippen molar-refractivity contribution in [2.45, 2.75) is 32.0 Å². The van der Waals surface area contributed by atoms with E-state index in [1.54, 1.807) is 23.4 Å². The third-order valence-electron chi connectivity index (χ3n) is 5.30. The van der Waals surface area contributed by atoms with E-state index in [-0.39, 0.29) is 5.56 Å². The molecule has 0 aliphatic rings. The number of hydrogen-bond acceptors (Lipinski definition) is 6. The second kappa shape index (κ2) is 10.2. The summed E-state index contributed by atoms with van der Waals surface area (Å²) in [6.45, 7) is 6.13. The molecule has 0 atom stereocenters. The minimum absolute atomic E-state index is 0.0972. The molecule has 0 amide bonds. The molecule has 2 aromatic carbocycles. The number of thioether (sulfide) groups is 1. The van der Waals surface area contributed by atoms with Crippen LogP contribution in [0.3, 0.4) is 0 Å². The van der Waals surface area contributed by atoms with Gasteiger partial charge in [-0.2, -0.15) is 0 Å². The second-order valence-electron chi connectivity index (χ2n) is 7.98. The lowest BCUT2D eigenvalue weighted by atomic mass is 10.1. The summed E-state index contributed by atoms with van der Waals surface area (Å²) in [5, 5.41) is 10.2. The molecule has 0 aliphatic heterocycles. The van der Waals surface area contributed by atoms with Crippen molar-refractivity contribution in [1.29, 1.82) is 0 Å². The smallest absolute Gasteiger partial charge is 0.263 e. The van der Waals surface area contributed by atoms with Crippen molar-refractivity contribution in [2.24, 2.45) is 5.92 Å². The van der Waals surface area contributed by atoms with Crippen LogP contribution < -0.4 is 10.3 Å².